The first-order valence-electron chi connectivity index (χ1n) is 10.1. The zero-order valence-corrected chi connectivity index (χ0v) is 17.3. The Bertz CT molecular complexity index is 921. The molecular formula is C22H27FN6O. The van der Waals surface area contributed by atoms with Crippen LogP contribution in [0.4, 0.5) is 21.8 Å². The van der Waals surface area contributed by atoms with Crippen LogP contribution in [-0.4, -0.2) is 42.1 Å². The van der Waals surface area contributed by atoms with Crippen LogP contribution in [0.5, 0.6) is 0 Å². The largest absolute Gasteiger partial charge is 0.372 e. The van der Waals surface area contributed by atoms with Crippen LogP contribution >= 0.6 is 0 Å². The number of carbonyl (C=O) groups excluding carboxylic acids is 1. The molecule has 4 N–H and O–H groups in total. The Labute approximate surface area is 176 Å². The number of unbranched alkanes of at least 4 members (excludes halogenated alkanes) is 1. The lowest BCUT2D eigenvalue weighted by Gasteiger charge is -2.10. The van der Waals surface area contributed by atoms with Gasteiger partial charge in [0.1, 0.15) is 11.6 Å². The van der Waals surface area contributed by atoms with E-state index in [1.165, 1.54) is 12.1 Å². The molecule has 8 heteroatoms. The molecule has 1 aliphatic heterocycles. The Balaban J connectivity index is 1.47. The Morgan fingerprint density at radius 2 is 2.13 bits per heavy atom. The van der Waals surface area contributed by atoms with Crippen molar-refractivity contribution in [2.75, 3.05) is 30.8 Å². The van der Waals surface area contributed by atoms with E-state index >= 15 is 0 Å². The minimum Gasteiger partial charge on any atom is -0.372 e. The van der Waals surface area contributed by atoms with Crippen molar-refractivity contribution in [3.63, 3.8) is 0 Å². The van der Waals surface area contributed by atoms with Gasteiger partial charge in [0.2, 0.25) is 11.9 Å². The van der Waals surface area contributed by atoms with Gasteiger partial charge in [0.25, 0.3) is 0 Å². The maximum Gasteiger partial charge on any atom is 0.237 e. The molecule has 0 unspecified atom stereocenters. The van der Waals surface area contributed by atoms with Crippen molar-refractivity contribution in [1.29, 1.82) is 0 Å². The molecule has 1 fully saturated rings. The summed E-state index contributed by atoms with van der Waals surface area (Å²) < 4.78 is 13.0. The van der Waals surface area contributed by atoms with Crippen molar-refractivity contribution in [2.24, 2.45) is 5.92 Å². The van der Waals surface area contributed by atoms with Crippen LogP contribution in [0.3, 0.4) is 0 Å². The van der Waals surface area contributed by atoms with Crippen LogP contribution in [0.15, 0.2) is 30.5 Å². The molecule has 0 spiro atoms. The summed E-state index contributed by atoms with van der Waals surface area (Å²) in [5.74, 6) is 7.50. The van der Waals surface area contributed by atoms with Crippen LogP contribution in [0.2, 0.25) is 0 Å². The number of amides is 1. The molecule has 2 atom stereocenters. The normalized spacial score (nSPS) is 17.7. The van der Waals surface area contributed by atoms with E-state index in [1.807, 2.05) is 0 Å². The van der Waals surface area contributed by atoms with Gasteiger partial charge in [0.05, 0.1) is 17.8 Å². The maximum absolute atomic E-state index is 13.0. The van der Waals surface area contributed by atoms with Gasteiger partial charge in [0.15, 0.2) is 0 Å². The van der Waals surface area contributed by atoms with E-state index in [1.54, 1.807) is 25.4 Å². The molecular weight excluding hydrogens is 383 g/mol. The van der Waals surface area contributed by atoms with E-state index in [2.05, 4.69) is 50.0 Å². The summed E-state index contributed by atoms with van der Waals surface area (Å²) >= 11 is 0. The number of hydrogen-bond donors (Lipinski definition) is 4. The number of hydrogen-bond acceptors (Lipinski definition) is 6. The fraction of sp³-hybridized carbons (Fsp3) is 0.409. The van der Waals surface area contributed by atoms with E-state index in [9.17, 15) is 9.18 Å². The zero-order valence-electron chi connectivity index (χ0n) is 17.3. The second-order valence-corrected chi connectivity index (χ2v) is 7.34. The molecule has 1 saturated heterocycles. The lowest BCUT2D eigenvalue weighted by Crippen LogP contribution is -2.40. The van der Waals surface area contributed by atoms with Gasteiger partial charge in [-0.05, 0) is 49.6 Å². The van der Waals surface area contributed by atoms with Gasteiger partial charge >= 0.3 is 0 Å². The van der Waals surface area contributed by atoms with Crippen molar-refractivity contribution in [1.82, 2.24) is 20.6 Å². The number of carbonyl (C=O) groups is 1. The van der Waals surface area contributed by atoms with Gasteiger partial charge in [-0.3, -0.25) is 4.79 Å². The molecule has 1 aromatic carbocycles. The van der Waals surface area contributed by atoms with Gasteiger partial charge < -0.3 is 21.3 Å². The standard InChI is InChI=1S/C22H27FN6O/c1-15-12-19(26-13-15)21(30)25-11-5-3-4-6-16-14-27-22(29-20(16)24-2)28-18-9-7-17(23)8-10-18/h7-10,14-15,19,26H,3,5,11-13H2,1-2H3,(H,25,30)(H2,24,27,28,29)/t15-,19-/m0/s1. The maximum atomic E-state index is 13.0. The zero-order chi connectivity index (χ0) is 21.3. The first-order valence-corrected chi connectivity index (χ1v) is 10.1. The summed E-state index contributed by atoms with van der Waals surface area (Å²) in [6, 6.07) is 5.91. The first kappa shape index (κ1) is 21.5. The van der Waals surface area contributed by atoms with Crippen molar-refractivity contribution in [3.8, 4) is 11.8 Å². The quantitative estimate of drug-likeness (QED) is 0.414. The van der Waals surface area contributed by atoms with E-state index in [-0.39, 0.29) is 17.8 Å². The second-order valence-electron chi connectivity index (χ2n) is 7.34. The molecule has 2 aromatic rings. The highest BCUT2D eigenvalue weighted by Gasteiger charge is 2.26. The Morgan fingerprint density at radius 3 is 2.83 bits per heavy atom. The third-order valence-electron chi connectivity index (χ3n) is 4.79. The molecule has 0 saturated carbocycles. The average molecular weight is 410 g/mol. The number of nitrogens with zero attached hydrogens (tertiary/aromatic N) is 2. The minimum atomic E-state index is -0.299. The smallest absolute Gasteiger partial charge is 0.237 e. The number of rotatable bonds is 7. The monoisotopic (exact) mass is 410 g/mol. The topological polar surface area (TPSA) is 91.0 Å². The number of anilines is 3. The lowest BCUT2D eigenvalue weighted by molar-refractivity contribution is -0.122. The van der Waals surface area contributed by atoms with Gasteiger partial charge in [-0.1, -0.05) is 18.8 Å². The summed E-state index contributed by atoms with van der Waals surface area (Å²) in [5, 5.41) is 12.2. The Kier molecular flexibility index (Phi) is 7.57. The van der Waals surface area contributed by atoms with Crippen LogP contribution < -0.4 is 21.3 Å². The van der Waals surface area contributed by atoms with Crippen LogP contribution in [0.1, 0.15) is 31.7 Å². The predicted molar refractivity (Wildman–Crippen MR) is 116 cm³/mol. The van der Waals surface area contributed by atoms with Crippen molar-refractivity contribution < 1.29 is 9.18 Å². The van der Waals surface area contributed by atoms with Crippen molar-refractivity contribution >= 4 is 23.4 Å². The predicted octanol–water partition coefficient (Wildman–Crippen LogP) is 2.65. The molecule has 30 heavy (non-hydrogen) atoms. The first-order chi connectivity index (χ1) is 14.5. The molecule has 1 aromatic heterocycles. The highest BCUT2D eigenvalue weighted by molar-refractivity contribution is 5.82. The molecule has 1 aliphatic rings. The number of nitrogens with one attached hydrogen (secondary N) is 4. The Morgan fingerprint density at radius 1 is 1.33 bits per heavy atom. The SMILES string of the molecule is CNc1nc(Nc2ccc(F)cc2)ncc1C#CCCCNC(=O)[C@@H]1C[C@H](C)CN1. The van der Waals surface area contributed by atoms with Crippen molar-refractivity contribution in [3.05, 3.63) is 41.8 Å². The number of aromatic nitrogens is 2. The highest BCUT2D eigenvalue weighted by atomic mass is 19.1. The molecule has 2 heterocycles. The van der Waals surface area contributed by atoms with Gasteiger partial charge in [-0.25, -0.2) is 9.37 Å². The second kappa shape index (κ2) is 10.6. The average Bonchev–Trinajstić information content (AvgIpc) is 3.19. The summed E-state index contributed by atoms with van der Waals surface area (Å²) in [6.07, 6.45) is 3.98. The number of halogens is 1. The molecule has 0 radical (unpaired) electrons. The lowest BCUT2D eigenvalue weighted by atomic mass is 10.1. The minimum absolute atomic E-state index is 0.0662. The van der Waals surface area contributed by atoms with Crippen LogP contribution in [-0.2, 0) is 4.79 Å². The van der Waals surface area contributed by atoms with E-state index in [0.29, 0.717) is 41.9 Å². The molecule has 7 nitrogen and oxygen atoms in total. The third kappa shape index (κ3) is 6.16. The third-order valence-corrected chi connectivity index (χ3v) is 4.79. The Hall–Kier alpha value is -3.18. The summed E-state index contributed by atoms with van der Waals surface area (Å²) in [6.45, 7) is 3.65. The van der Waals surface area contributed by atoms with Crippen LogP contribution in [0, 0.1) is 23.6 Å². The summed E-state index contributed by atoms with van der Waals surface area (Å²) in [5.41, 5.74) is 1.39. The summed E-state index contributed by atoms with van der Waals surface area (Å²) in [7, 11) is 1.77. The van der Waals surface area contributed by atoms with Crippen LogP contribution in [0.25, 0.3) is 0 Å². The summed E-state index contributed by atoms with van der Waals surface area (Å²) in [4.78, 5) is 20.7. The van der Waals surface area contributed by atoms with E-state index in [4.69, 9.17) is 0 Å². The van der Waals surface area contributed by atoms with Gasteiger partial charge in [-0.15, -0.1) is 0 Å². The van der Waals surface area contributed by atoms with Gasteiger partial charge in [0, 0.05) is 25.7 Å². The fourth-order valence-corrected chi connectivity index (χ4v) is 3.17. The molecule has 0 aliphatic carbocycles. The molecule has 158 valence electrons. The van der Waals surface area contributed by atoms with E-state index < -0.39 is 0 Å². The fourth-order valence-electron chi connectivity index (χ4n) is 3.17. The molecule has 1 amide bonds. The van der Waals surface area contributed by atoms with E-state index in [0.717, 1.165) is 19.4 Å². The molecule has 0 bridgehead atoms. The van der Waals surface area contributed by atoms with Crippen molar-refractivity contribution in [2.45, 2.75) is 32.2 Å². The molecule has 3 rings (SSSR count). The van der Waals surface area contributed by atoms with Gasteiger partial charge in [-0.2, -0.15) is 4.98 Å². The number of benzene rings is 1. The highest BCUT2D eigenvalue weighted by Crippen LogP contribution is 2.17.